The van der Waals surface area contributed by atoms with Gasteiger partial charge in [0.1, 0.15) is 5.82 Å². The number of likely N-dealkylation sites (tertiary alicyclic amines) is 1. The zero-order valence-electron chi connectivity index (χ0n) is 13.2. The van der Waals surface area contributed by atoms with Gasteiger partial charge in [-0.25, -0.2) is 4.98 Å². The van der Waals surface area contributed by atoms with Crippen LogP contribution in [0.2, 0.25) is 0 Å². The number of aromatic nitrogens is 2. The van der Waals surface area contributed by atoms with Gasteiger partial charge in [-0.05, 0) is 39.3 Å². The zero-order chi connectivity index (χ0) is 14.5. The van der Waals surface area contributed by atoms with Crippen molar-refractivity contribution < 1.29 is 0 Å². The fourth-order valence-corrected chi connectivity index (χ4v) is 2.72. The van der Waals surface area contributed by atoms with Crippen molar-refractivity contribution >= 4 is 11.8 Å². The Morgan fingerprint density at radius 1 is 1.45 bits per heavy atom. The molecule has 1 aromatic heterocycles. The third-order valence-electron chi connectivity index (χ3n) is 3.79. The largest absolute Gasteiger partial charge is 0.359 e. The zero-order valence-corrected chi connectivity index (χ0v) is 13.2. The average molecular weight is 277 g/mol. The second-order valence-corrected chi connectivity index (χ2v) is 5.92. The van der Waals surface area contributed by atoms with Crippen LogP contribution in [0, 0.1) is 12.8 Å². The second kappa shape index (κ2) is 6.88. The maximum Gasteiger partial charge on any atom is 0.224 e. The maximum absolute atomic E-state index is 4.62. The number of nitrogens with one attached hydrogen (secondary N) is 1. The molecule has 2 rings (SSSR count). The molecule has 0 radical (unpaired) electrons. The van der Waals surface area contributed by atoms with Gasteiger partial charge in [0, 0.05) is 38.4 Å². The fraction of sp³-hybridized carbons (Fsp3) is 0.733. The first-order valence-electron chi connectivity index (χ1n) is 7.57. The molecule has 1 aliphatic heterocycles. The lowest BCUT2D eigenvalue weighted by Crippen LogP contribution is -2.28. The van der Waals surface area contributed by atoms with E-state index in [4.69, 9.17) is 0 Å². The molecule has 0 aliphatic carbocycles. The Morgan fingerprint density at radius 3 is 2.90 bits per heavy atom. The highest BCUT2D eigenvalue weighted by Crippen LogP contribution is 2.19. The van der Waals surface area contributed by atoms with E-state index in [0.717, 1.165) is 42.9 Å². The Kier molecular flexibility index (Phi) is 5.17. The number of anilines is 2. The van der Waals surface area contributed by atoms with Crippen molar-refractivity contribution in [1.29, 1.82) is 0 Å². The lowest BCUT2D eigenvalue weighted by molar-refractivity contribution is 0.395. The summed E-state index contributed by atoms with van der Waals surface area (Å²) in [6.07, 6.45) is 2.36. The summed E-state index contributed by atoms with van der Waals surface area (Å²) in [6.45, 7) is 8.56. The van der Waals surface area contributed by atoms with Crippen molar-refractivity contribution in [3.8, 4) is 0 Å². The van der Waals surface area contributed by atoms with Crippen LogP contribution in [0.4, 0.5) is 11.8 Å². The standard InChI is InChI=1S/C15H27N5/c1-5-7-16-15-17-12(2)9-14(18-15)20(4)11-13-6-8-19(3)10-13/h9,13H,5-8,10-11H2,1-4H3,(H,16,17,18). The third-order valence-corrected chi connectivity index (χ3v) is 3.79. The molecule has 1 unspecified atom stereocenters. The van der Waals surface area contributed by atoms with Crippen LogP contribution in [0.25, 0.3) is 0 Å². The molecule has 0 spiro atoms. The number of hydrogen-bond donors (Lipinski definition) is 1. The van der Waals surface area contributed by atoms with Crippen LogP contribution in [-0.2, 0) is 0 Å². The third kappa shape index (κ3) is 4.07. The van der Waals surface area contributed by atoms with Crippen molar-refractivity contribution in [2.75, 3.05) is 50.5 Å². The van der Waals surface area contributed by atoms with E-state index < -0.39 is 0 Å². The van der Waals surface area contributed by atoms with Crippen LogP contribution in [0.3, 0.4) is 0 Å². The fourth-order valence-electron chi connectivity index (χ4n) is 2.72. The van der Waals surface area contributed by atoms with E-state index in [1.807, 2.05) is 6.92 Å². The first-order valence-corrected chi connectivity index (χ1v) is 7.57. The monoisotopic (exact) mass is 277 g/mol. The van der Waals surface area contributed by atoms with Gasteiger partial charge < -0.3 is 15.1 Å². The minimum Gasteiger partial charge on any atom is -0.359 e. The number of aryl methyl sites for hydroxylation is 1. The molecule has 0 aromatic carbocycles. The summed E-state index contributed by atoms with van der Waals surface area (Å²) in [5.41, 5.74) is 1.02. The van der Waals surface area contributed by atoms with Gasteiger partial charge in [0.15, 0.2) is 0 Å². The Balaban J connectivity index is 2.01. The van der Waals surface area contributed by atoms with E-state index >= 15 is 0 Å². The summed E-state index contributed by atoms with van der Waals surface area (Å²) in [6, 6.07) is 2.07. The SMILES string of the molecule is CCCNc1nc(C)cc(N(C)CC2CCN(C)C2)n1. The van der Waals surface area contributed by atoms with E-state index in [-0.39, 0.29) is 0 Å². The molecule has 1 atom stereocenters. The van der Waals surface area contributed by atoms with E-state index in [0.29, 0.717) is 0 Å². The van der Waals surface area contributed by atoms with Gasteiger partial charge in [-0.15, -0.1) is 0 Å². The molecule has 5 heteroatoms. The molecule has 20 heavy (non-hydrogen) atoms. The molecular weight excluding hydrogens is 250 g/mol. The summed E-state index contributed by atoms with van der Waals surface area (Å²) < 4.78 is 0. The Hall–Kier alpha value is -1.36. The van der Waals surface area contributed by atoms with Crippen LogP contribution >= 0.6 is 0 Å². The summed E-state index contributed by atoms with van der Waals surface area (Å²) in [5.74, 6) is 2.51. The van der Waals surface area contributed by atoms with Gasteiger partial charge in [-0.2, -0.15) is 4.98 Å². The van der Waals surface area contributed by atoms with Crippen molar-refractivity contribution in [2.24, 2.45) is 5.92 Å². The van der Waals surface area contributed by atoms with Crippen LogP contribution in [0.15, 0.2) is 6.07 Å². The molecule has 0 bridgehead atoms. The van der Waals surface area contributed by atoms with E-state index in [9.17, 15) is 0 Å². The summed E-state index contributed by atoms with van der Waals surface area (Å²) in [7, 11) is 4.32. The second-order valence-electron chi connectivity index (χ2n) is 5.92. The summed E-state index contributed by atoms with van der Waals surface area (Å²) in [5, 5.41) is 3.27. The maximum atomic E-state index is 4.62. The minimum absolute atomic E-state index is 0.743. The van der Waals surface area contributed by atoms with Gasteiger partial charge >= 0.3 is 0 Å². The van der Waals surface area contributed by atoms with Crippen molar-refractivity contribution in [3.05, 3.63) is 11.8 Å². The van der Waals surface area contributed by atoms with Gasteiger partial charge in [0.2, 0.25) is 5.95 Å². The van der Waals surface area contributed by atoms with Crippen molar-refractivity contribution in [1.82, 2.24) is 14.9 Å². The molecule has 1 fully saturated rings. The molecule has 5 nitrogen and oxygen atoms in total. The van der Waals surface area contributed by atoms with Gasteiger partial charge in [0.25, 0.3) is 0 Å². The number of hydrogen-bond acceptors (Lipinski definition) is 5. The van der Waals surface area contributed by atoms with Crippen LogP contribution < -0.4 is 10.2 Å². The van der Waals surface area contributed by atoms with Gasteiger partial charge in [-0.1, -0.05) is 6.92 Å². The number of nitrogens with zero attached hydrogens (tertiary/aromatic N) is 4. The van der Waals surface area contributed by atoms with Crippen LogP contribution in [-0.4, -0.2) is 55.1 Å². The highest BCUT2D eigenvalue weighted by Gasteiger charge is 2.21. The predicted octanol–water partition coefficient (Wildman–Crippen LogP) is 1.99. The molecule has 0 saturated carbocycles. The summed E-state index contributed by atoms with van der Waals surface area (Å²) >= 11 is 0. The molecule has 1 aliphatic rings. The number of rotatable bonds is 6. The first kappa shape index (κ1) is 15.0. The molecule has 1 saturated heterocycles. The van der Waals surface area contributed by atoms with E-state index in [1.54, 1.807) is 0 Å². The highest BCUT2D eigenvalue weighted by atomic mass is 15.2. The predicted molar refractivity (Wildman–Crippen MR) is 84.4 cm³/mol. The quantitative estimate of drug-likeness (QED) is 0.861. The van der Waals surface area contributed by atoms with Crippen molar-refractivity contribution in [3.63, 3.8) is 0 Å². The molecule has 2 heterocycles. The molecule has 1 aromatic rings. The van der Waals surface area contributed by atoms with Gasteiger partial charge in [-0.3, -0.25) is 0 Å². The normalized spacial score (nSPS) is 19.3. The molecule has 112 valence electrons. The topological polar surface area (TPSA) is 44.3 Å². The van der Waals surface area contributed by atoms with E-state index in [1.165, 1.54) is 19.5 Å². The van der Waals surface area contributed by atoms with Crippen molar-refractivity contribution in [2.45, 2.75) is 26.7 Å². The van der Waals surface area contributed by atoms with Gasteiger partial charge in [0.05, 0.1) is 0 Å². The molecule has 0 amide bonds. The highest BCUT2D eigenvalue weighted by molar-refractivity contribution is 5.44. The smallest absolute Gasteiger partial charge is 0.224 e. The lowest BCUT2D eigenvalue weighted by atomic mass is 10.1. The summed E-state index contributed by atoms with van der Waals surface area (Å²) in [4.78, 5) is 13.7. The van der Waals surface area contributed by atoms with Crippen LogP contribution in [0.1, 0.15) is 25.5 Å². The molecule has 1 N–H and O–H groups in total. The minimum atomic E-state index is 0.743. The average Bonchev–Trinajstić information content (AvgIpc) is 2.81. The first-order chi connectivity index (χ1) is 9.58. The molecular formula is C15H27N5. The lowest BCUT2D eigenvalue weighted by Gasteiger charge is -2.23. The van der Waals surface area contributed by atoms with E-state index in [2.05, 4.69) is 52.2 Å². The Morgan fingerprint density at radius 2 is 2.25 bits per heavy atom. The van der Waals surface area contributed by atoms with Crippen LogP contribution in [0.5, 0.6) is 0 Å². The Bertz CT molecular complexity index is 434. The Labute approximate surface area is 122 Å².